The molecule has 0 heterocycles. The minimum Gasteiger partial charge on any atom is -0.302 e. The van der Waals surface area contributed by atoms with Crippen molar-refractivity contribution < 1.29 is 0 Å². The molecule has 0 radical (unpaired) electrons. The maximum atomic E-state index is 4.30. The number of rotatable bonds is 5. The fraction of sp³-hybridized carbons (Fsp3) is 0.538. The maximum absolute atomic E-state index is 4.30. The molecule has 1 unspecified atom stereocenters. The van der Waals surface area contributed by atoms with Gasteiger partial charge in [-0.3, -0.25) is 0 Å². The highest BCUT2D eigenvalue weighted by molar-refractivity contribution is 7.80. The molecule has 1 atom stereocenters. The van der Waals surface area contributed by atoms with E-state index in [9.17, 15) is 0 Å². The number of hydrogen-bond donors (Lipinski definition) is 1. The quantitative estimate of drug-likeness (QED) is 0.751. The van der Waals surface area contributed by atoms with E-state index in [0.29, 0.717) is 5.92 Å². The van der Waals surface area contributed by atoms with Gasteiger partial charge in [0.1, 0.15) is 0 Å². The Labute approximate surface area is 98.9 Å². The fourth-order valence-corrected chi connectivity index (χ4v) is 1.77. The maximum Gasteiger partial charge on any atom is 0.0230 e. The number of hydrogen-bond acceptors (Lipinski definition) is 2. The summed E-state index contributed by atoms with van der Waals surface area (Å²) >= 11 is 4.30. The molecule has 0 aliphatic heterocycles. The fourth-order valence-electron chi connectivity index (χ4n) is 1.66. The van der Waals surface area contributed by atoms with E-state index in [1.54, 1.807) is 0 Å². The van der Waals surface area contributed by atoms with Crippen LogP contribution in [-0.2, 0) is 6.54 Å². The summed E-state index contributed by atoms with van der Waals surface area (Å²) < 4.78 is 0. The summed E-state index contributed by atoms with van der Waals surface area (Å²) in [6, 6.07) is 8.75. The Kier molecular flexibility index (Phi) is 5.20. The molecule has 0 amide bonds. The van der Waals surface area contributed by atoms with Gasteiger partial charge in [-0.05, 0) is 31.2 Å². The Morgan fingerprint density at radius 1 is 1.27 bits per heavy atom. The average Bonchev–Trinajstić information content (AvgIpc) is 2.21. The van der Waals surface area contributed by atoms with Gasteiger partial charge in [-0.2, -0.15) is 12.6 Å². The first-order valence-electron chi connectivity index (χ1n) is 5.46. The highest BCUT2D eigenvalue weighted by Gasteiger charge is 2.04. The molecular weight excluding hydrogens is 202 g/mol. The molecule has 0 N–H and O–H groups in total. The first-order chi connectivity index (χ1) is 7.11. The second-order valence-electron chi connectivity index (χ2n) is 4.47. The topological polar surface area (TPSA) is 3.24 Å². The number of benzene rings is 1. The standard InChI is InChI=1S/C13H21NS/c1-11-4-6-13(7-5-11)9-14(3)8-12(2)10-15/h4-7,12,15H,8-10H2,1-3H3. The van der Waals surface area contributed by atoms with Gasteiger partial charge in [-0.15, -0.1) is 0 Å². The van der Waals surface area contributed by atoms with Gasteiger partial charge < -0.3 is 4.90 Å². The van der Waals surface area contributed by atoms with Crippen molar-refractivity contribution in [3.63, 3.8) is 0 Å². The average molecular weight is 223 g/mol. The van der Waals surface area contributed by atoms with Crippen LogP contribution in [-0.4, -0.2) is 24.2 Å². The lowest BCUT2D eigenvalue weighted by Crippen LogP contribution is -2.24. The van der Waals surface area contributed by atoms with Crippen molar-refractivity contribution in [3.8, 4) is 0 Å². The third-order valence-electron chi connectivity index (χ3n) is 2.51. The van der Waals surface area contributed by atoms with Gasteiger partial charge in [0.15, 0.2) is 0 Å². The molecule has 15 heavy (non-hydrogen) atoms. The lowest BCUT2D eigenvalue weighted by Gasteiger charge is -2.20. The molecule has 0 saturated heterocycles. The summed E-state index contributed by atoms with van der Waals surface area (Å²) in [5, 5.41) is 0. The molecule has 0 aromatic heterocycles. The van der Waals surface area contributed by atoms with Gasteiger partial charge in [-0.25, -0.2) is 0 Å². The van der Waals surface area contributed by atoms with Crippen LogP contribution in [0.2, 0.25) is 0 Å². The van der Waals surface area contributed by atoms with Crippen LogP contribution in [0.15, 0.2) is 24.3 Å². The van der Waals surface area contributed by atoms with E-state index in [-0.39, 0.29) is 0 Å². The van der Waals surface area contributed by atoms with Crippen LogP contribution in [0.5, 0.6) is 0 Å². The highest BCUT2D eigenvalue weighted by atomic mass is 32.1. The van der Waals surface area contributed by atoms with Crippen LogP contribution >= 0.6 is 12.6 Å². The van der Waals surface area contributed by atoms with Gasteiger partial charge in [0, 0.05) is 13.1 Å². The SMILES string of the molecule is Cc1ccc(CN(C)CC(C)CS)cc1. The first-order valence-corrected chi connectivity index (χ1v) is 6.10. The molecule has 2 heteroatoms. The molecule has 1 nitrogen and oxygen atoms in total. The van der Waals surface area contributed by atoms with E-state index in [4.69, 9.17) is 0 Å². The predicted octanol–water partition coefficient (Wildman–Crippen LogP) is 2.99. The van der Waals surface area contributed by atoms with Crippen LogP contribution in [0.4, 0.5) is 0 Å². The van der Waals surface area contributed by atoms with E-state index in [2.05, 4.69) is 62.7 Å². The zero-order chi connectivity index (χ0) is 11.3. The summed E-state index contributed by atoms with van der Waals surface area (Å²) in [6.45, 7) is 6.49. The molecular formula is C13H21NS. The van der Waals surface area contributed by atoms with E-state index >= 15 is 0 Å². The number of aryl methyl sites for hydroxylation is 1. The third kappa shape index (κ3) is 4.72. The third-order valence-corrected chi connectivity index (χ3v) is 3.13. The van der Waals surface area contributed by atoms with Crippen molar-refractivity contribution in [2.24, 2.45) is 5.92 Å². The molecule has 84 valence electrons. The smallest absolute Gasteiger partial charge is 0.0230 e. The second kappa shape index (κ2) is 6.19. The molecule has 0 aliphatic rings. The molecule has 0 aliphatic carbocycles. The summed E-state index contributed by atoms with van der Waals surface area (Å²) in [7, 11) is 2.17. The Hall–Kier alpha value is -0.470. The van der Waals surface area contributed by atoms with Crippen LogP contribution in [0.25, 0.3) is 0 Å². The second-order valence-corrected chi connectivity index (χ2v) is 4.84. The Morgan fingerprint density at radius 3 is 2.40 bits per heavy atom. The van der Waals surface area contributed by atoms with Crippen LogP contribution in [0.3, 0.4) is 0 Å². The summed E-state index contributed by atoms with van der Waals surface area (Å²) in [5.74, 6) is 1.61. The largest absolute Gasteiger partial charge is 0.302 e. The Bertz CT molecular complexity index is 281. The minimum absolute atomic E-state index is 0.656. The summed E-state index contributed by atoms with van der Waals surface area (Å²) in [6.07, 6.45) is 0. The van der Waals surface area contributed by atoms with E-state index < -0.39 is 0 Å². The first kappa shape index (κ1) is 12.6. The van der Waals surface area contributed by atoms with Crippen LogP contribution in [0.1, 0.15) is 18.1 Å². The van der Waals surface area contributed by atoms with Gasteiger partial charge >= 0.3 is 0 Å². The van der Waals surface area contributed by atoms with Gasteiger partial charge in [0.25, 0.3) is 0 Å². The van der Waals surface area contributed by atoms with Gasteiger partial charge in [-0.1, -0.05) is 36.8 Å². The van der Waals surface area contributed by atoms with Crippen molar-refractivity contribution in [1.29, 1.82) is 0 Å². The monoisotopic (exact) mass is 223 g/mol. The zero-order valence-corrected chi connectivity index (χ0v) is 10.8. The van der Waals surface area contributed by atoms with Crippen molar-refractivity contribution in [2.75, 3.05) is 19.3 Å². The van der Waals surface area contributed by atoms with Crippen molar-refractivity contribution >= 4 is 12.6 Å². The highest BCUT2D eigenvalue weighted by Crippen LogP contribution is 2.08. The van der Waals surface area contributed by atoms with E-state index in [1.807, 2.05) is 0 Å². The molecule has 0 fully saturated rings. The predicted molar refractivity (Wildman–Crippen MR) is 70.5 cm³/mol. The van der Waals surface area contributed by atoms with Gasteiger partial charge in [0.05, 0.1) is 0 Å². The lowest BCUT2D eigenvalue weighted by molar-refractivity contribution is 0.291. The molecule has 0 saturated carbocycles. The summed E-state index contributed by atoms with van der Waals surface area (Å²) in [4.78, 5) is 2.35. The van der Waals surface area contributed by atoms with Crippen molar-refractivity contribution in [3.05, 3.63) is 35.4 Å². The van der Waals surface area contributed by atoms with Gasteiger partial charge in [0.2, 0.25) is 0 Å². The van der Waals surface area contributed by atoms with Crippen LogP contribution in [0, 0.1) is 12.8 Å². The lowest BCUT2D eigenvalue weighted by atomic mass is 10.1. The van der Waals surface area contributed by atoms with Crippen molar-refractivity contribution in [1.82, 2.24) is 4.90 Å². The van der Waals surface area contributed by atoms with E-state index in [0.717, 1.165) is 18.8 Å². The van der Waals surface area contributed by atoms with E-state index in [1.165, 1.54) is 11.1 Å². The van der Waals surface area contributed by atoms with Crippen LogP contribution < -0.4 is 0 Å². The molecule has 1 rings (SSSR count). The Balaban J connectivity index is 2.44. The zero-order valence-electron chi connectivity index (χ0n) is 9.90. The normalized spacial score (nSPS) is 13.1. The summed E-state index contributed by atoms with van der Waals surface area (Å²) in [5.41, 5.74) is 2.71. The molecule has 0 bridgehead atoms. The molecule has 1 aromatic rings. The minimum atomic E-state index is 0.656. The molecule has 0 spiro atoms. The number of nitrogens with zero attached hydrogens (tertiary/aromatic N) is 1. The molecule has 1 aromatic carbocycles. The Morgan fingerprint density at radius 2 is 1.87 bits per heavy atom. The number of thiol groups is 1. The van der Waals surface area contributed by atoms with Crippen molar-refractivity contribution in [2.45, 2.75) is 20.4 Å².